The number of nitrogens with zero attached hydrogens (tertiary/aromatic N) is 2. The van der Waals surface area contributed by atoms with Crippen molar-refractivity contribution in [3.63, 3.8) is 0 Å². The van der Waals surface area contributed by atoms with Crippen molar-refractivity contribution in [2.75, 3.05) is 11.5 Å². The SMILES string of the molecule is Cc1c([N+](=O)[O-])cnc(S(=O)(=O)CCS(=O)(=O)Cl)c1Br. The molecule has 1 aromatic heterocycles. The molecule has 0 amide bonds. The van der Waals surface area contributed by atoms with Crippen LogP contribution in [0.2, 0.25) is 0 Å². The van der Waals surface area contributed by atoms with Gasteiger partial charge in [-0.05, 0) is 22.9 Å². The number of nitro groups is 1. The average molecular weight is 408 g/mol. The fraction of sp³-hybridized carbons (Fsp3) is 0.375. The Balaban J connectivity index is 3.27. The third kappa shape index (κ3) is 4.11. The zero-order valence-electron chi connectivity index (χ0n) is 9.91. The number of hydrogen-bond donors (Lipinski definition) is 0. The number of hydrogen-bond acceptors (Lipinski definition) is 7. The Hall–Kier alpha value is -0.780. The zero-order chi connectivity index (χ0) is 15.7. The summed E-state index contributed by atoms with van der Waals surface area (Å²) >= 11 is 2.93. The smallest absolute Gasteiger partial charge is 0.258 e. The number of rotatable bonds is 5. The summed E-state index contributed by atoms with van der Waals surface area (Å²) in [6, 6.07) is 0. The molecular formula is C8H8BrClN2O6S2. The molecule has 0 aliphatic rings. The third-order valence-electron chi connectivity index (χ3n) is 2.29. The Morgan fingerprint density at radius 1 is 1.35 bits per heavy atom. The van der Waals surface area contributed by atoms with Gasteiger partial charge in [0.1, 0.15) is 6.20 Å². The molecule has 0 spiro atoms. The molecule has 0 N–H and O–H groups in total. The Labute approximate surface area is 127 Å². The fourth-order valence-corrected chi connectivity index (χ4v) is 5.37. The molecule has 0 unspecified atom stereocenters. The molecule has 12 heteroatoms. The maximum absolute atomic E-state index is 11.9. The van der Waals surface area contributed by atoms with Crippen LogP contribution in [-0.4, -0.2) is 38.2 Å². The van der Waals surface area contributed by atoms with Gasteiger partial charge < -0.3 is 0 Å². The van der Waals surface area contributed by atoms with Gasteiger partial charge in [-0.1, -0.05) is 0 Å². The number of sulfone groups is 1. The summed E-state index contributed by atoms with van der Waals surface area (Å²) in [6.45, 7) is 1.35. The van der Waals surface area contributed by atoms with Crippen molar-refractivity contribution in [2.45, 2.75) is 11.9 Å². The summed E-state index contributed by atoms with van der Waals surface area (Å²) in [5, 5.41) is 10.2. The lowest BCUT2D eigenvalue weighted by Gasteiger charge is -2.07. The minimum absolute atomic E-state index is 0.0707. The molecule has 112 valence electrons. The lowest BCUT2D eigenvalue weighted by atomic mass is 10.3. The summed E-state index contributed by atoms with van der Waals surface area (Å²) in [6.07, 6.45) is 0.808. The van der Waals surface area contributed by atoms with Gasteiger partial charge in [0.15, 0.2) is 14.9 Å². The normalized spacial score (nSPS) is 12.3. The first-order chi connectivity index (χ1) is 8.96. The molecule has 0 aliphatic carbocycles. The summed E-state index contributed by atoms with van der Waals surface area (Å²) < 4.78 is 45.4. The fourth-order valence-electron chi connectivity index (χ4n) is 1.25. The van der Waals surface area contributed by atoms with Gasteiger partial charge in [-0.15, -0.1) is 0 Å². The Kier molecular flexibility index (Phi) is 5.11. The minimum Gasteiger partial charge on any atom is -0.258 e. The standard InChI is InChI=1S/C8H8BrClN2O6S2/c1-5-6(12(13)14)4-11-8(7(5)9)19(15,16)2-3-20(10,17)18/h4H,2-3H2,1H3. The molecule has 0 bridgehead atoms. The quantitative estimate of drug-likeness (QED) is 0.410. The maximum Gasteiger partial charge on any atom is 0.291 e. The zero-order valence-corrected chi connectivity index (χ0v) is 13.9. The van der Waals surface area contributed by atoms with Crippen LogP contribution in [0.25, 0.3) is 0 Å². The number of halogens is 2. The van der Waals surface area contributed by atoms with E-state index in [1.807, 2.05) is 0 Å². The van der Waals surface area contributed by atoms with Crippen molar-refractivity contribution in [1.29, 1.82) is 0 Å². The molecule has 0 saturated carbocycles. The van der Waals surface area contributed by atoms with Crippen LogP contribution in [0.1, 0.15) is 5.56 Å². The van der Waals surface area contributed by atoms with Gasteiger partial charge in [-0.2, -0.15) is 0 Å². The van der Waals surface area contributed by atoms with Crippen molar-refractivity contribution < 1.29 is 21.8 Å². The highest BCUT2D eigenvalue weighted by molar-refractivity contribution is 9.10. The minimum atomic E-state index is -4.03. The molecule has 0 fully saturated rings. The molecule has 0 radical (unpaired) electrons. The van der Waals surface area contributed by atoms with E-state index >= 15 is 0 Å². The van der Waals surface area contributed by atoms with Crippen molar-refractivity contribution in [3.8, 4) is 0 Å². The summed E-state index contributed by atoms with van der Waals surface area (Å²) in [5.41, 5.74) is -0.266. The second kappa shape index (κ2) is 5.92. The molecule has 1 aromatic rings. The van der Waals surface area contributed by atoms with Crippen molar-refractivity contribution in [3.05, 3.63) is 26.3 Å². The van der Waals surface area contributed by atoms with Gasteiger partial charge in [-0.3, -0.25) is 10.1 Å². The van der Waals surface area contributed by atoms with Crippen LogP contribution >= 0.6 is 26.6 Å². The average Bonchev–Trinajstić information content (AvgIpc) is 2.28. The van der Waals surface area contributed by atoms with Gasteiger partial charge in [0.25, 0.3) is 5.69 Å². The van der Waals surface area contributed by atoms with Crippen molar-refractivity contribution in [1.82, 2.24) is 4.98 Å². The molecule has 1 rings (SSSR count). The van der Waals surface area contributed by atoms with E-state index in [0.29, 0.717) is 0 Å². The van der Waals surface area contributed by atoms with E-state index in [0.717, 1.165) is 6.20 Å². The monoisotopic (exact) mass is 406 g/mol. The molecule has 0 atom stereocenters. The Morgan fingerprint density at radius 3 is 2.35 bits per heavy atom. The van der Waals surface area contributed by atoms with E-state index in [9.17, 15) is 26.9 Å². The van der Waals surface area contributed by atoms with Gasteiger partial charge in [0, 0.05) is 16.2 Å². The highest BCUT2D eigenvalue weighted by atomic mass is 79.9. The molecule has 0 aromatic carbocycles. The number of pyridine rings is 1. The summed E-state index contributed by atoms with van der Waals surface area (Å²) in [7, 11) is -3.05. The van der Waals surface area contributed by atoms with Crippen LogP contribution in [0.15, 0.2) is 15.7 Å². The largest absolute Gasteiger partial charge is 0.291 e. The Bertz CT molecular complexity index is 761. The summed E-state index contributed by atoms with van der Waals surface area (Å²) in [4.78, 5) is 13.5. The summed E-state index contributed by atoms with van der Waals surface area (Å²) in [5.74, 6) is -1.54. The van der Waals surface area contributed by atoms with Crippen molar-refractivity contribution in [2.24, 2.45) is 0 Å². The van der Waals surface area contributed by atoms with Crippen LogP contribution in [-0.2, 0) is 18.9 Å². The second-order valence-corrected chi connectivity index (χ2v) is 9.42. The predicted octanol–water partition coefficient (Wildman–Crippen LogP) is 1.40. The van der Waals surface area contributed by atoms with Gasteiger partial charge in [0.05, 0.1) is 20.9 Å². The van der Waals surface area contributed by atoms with E-state index in [4.69, 9.17) is 10.7 Å². The lowest BCUT2D eigenvalue weighted by Crippen LogP contribution is -2.16. The van der Waals surface area contributed by atoms with E-state index in [1.165, 1.54) is 6.92 Å². The molecule has 20 heavy (non-hydrogen) atoms. The van der Waals surface area contributed by atoms with E-state index in [1.54, 1.807) is 0 Å². The predicted molar refractivity (Wildman–Crippen MR) is 75.0 cm³/mol. The first-order valence-electron chi connectivity index (χ1n) is 4.90. The maximum atomic E-state index is 11.9. The number of aromatic nitrogens is 1. The molecule has 0 aliphatic heterocycles. The molecule has 0 saturated heterocycles. The lowest BCUT2D eigenvalue weighted by molar-refractivity contribution is -0.385. The van der Waals surface area contributed by atoms with E-state index in [2.05, 4.69) is 20.9 Å². The van der Waals surface area contributed by atoms with Crippen molar-refractivity contribution >= 4 is 51.2 Å². The molecular weight excluding hydrogens is 400 g/mol. The third-order valence-corrected chi connectivity index (χ3v) is 6.58. The topological polar surface area (TPSA) is 124 Å². The highest BCUT2D eigenvalue weighted by Gasteiger charge is 2.26. The first kappa shape index (κ1) is 17.3. The van der Waals surface area contributed by atoms with Gasteiger partial charge in [0.2, 0.25) is 9.05 Å². The van der Waals surface area contributed by atoms with E-state index < -0.39 is 40.3 Å². The van der Waals surface area contributed by atoms with E-state index in [-0.39, 0.29) is 15.7 Å². The van der Waals surface area contributed by atoms with Crippen LogP contribution < -0.4 is 0 Å². The van der Waals surface area contributed by atoms with Gasteiger partial charge in [-0.25, -0.2) is 21.8 Å². The van der Waals surface area contributed by atoms with Crippen LogP contribution in [0, 0.1) is 17.0 Å². The second-order valence-electron chi connectivity index (χ2n) is 3.71. The first-order valence-corrected chi connectivity index (χ1v) is 9.82. The highest BCUT2D eigenvalue weighted by Crippen LogP contribution is 2.30. The molecule has 1 heterocycles. The van der Waals surface area contributed by atoms with Gasteiger partial charge >= 0.3 is 0 Å². The van der Waals surface area contributed by atoms with Crippen LogP contribution in [0.3, 0.4) is 0 Å². The molecule has 8 nitrogen and oxygen atoms in total. The van der Waals surface area contributed by atoms with Crippen LogP contribution in [0.4, 0.5) is 5.69 Å². The Morgan fingerprint density at radius 2 is 1.90 bits per heavy atom. The van der Waals surface area contributed by atoms with Crippen LogP contribution in [0.5, 0.6) is 0 Å².